The molecule has 1 aliphatic rings. The van der Waals surface area contributed by atoms with E-state index >= 15 is 0 Å². The van der Waals surface area contributed by atoms with Crippen molar-refractivity contribution in [1.29, 1.82) is 0 Å². The summed E-state index contributed by atoms with van der Waals surface area (Å²) in [7, 11) is 0. The number of pyridine rings is 1. The Morgan fingerprint density at radius 2 is 1.90 bits per heavy atom. The Kier molecular flexibility index (Phi) is 4.41. The molecule has 0 saturated carbocycles. The van der Waals surface area contributed by atoms with Crippen molar-refractivity contribution >= 4 is 17.5 Å². The monoisotopic (exact) mass is 416 g/mol. The van der Waals surface area contributed by atoms with E-state index in [4.69, 9.17) is 0 Å². The van der Waals surface area contributed by atoms with Gasteiger partial charge in [0.25, 0.3) is 0 Å². The average molecular weight is 416 g/mol. The molecule has 1 amide bonds. The van der Waals surface area contributed by atoms with Crippen molar-refractivity contribution in [2.45, 2.75) is 11.7 Å². The van der Waals surface area contributed by atoms with Crippen LogP contribution in [-0.4, -0.2) is 26.3 Å². The topological polar surface area (TPSA) is 110 Å². The summed E-state index contributed by atoms with van der Waals surface area (Å²) in [6.07, 6.45) is -1.93. The van der Waals surface area contributed by atoms with Gasteiger partial charge in [0.1, 0.15) is 17.0 Å². The fourth-order valence-electron chi connectivity index (χ4n) is 3.51. The third-order valence-electron chi connectivity index (χ3n) is 4.76. The quantitative estimate of drug-likeness (QED) is 0.441. The zero-order valence-corrected chi connectivity index (χ0v) is 15.2. The number of phenolic OH excluding ortho intramolecular Hbond substituents is 1. The van der Waals surface area contributed by atoms with Crippen molar-refractivity contribution in [1.82, 2.24) is 15.3 Å². The van der Waals surface area contributed by atoms with Crippen molar-refractivity contribution in [2.24, 2.45) is 0 Å². The molecule has 7 nitrogen and oxygen atoms in total. The Hall–Kier alpha value is -3.95. The molecule has 0 radical (unpaired) electrons. The van der Waals surface area contributed by atoms with Gasteiger partial charge in [-0.2, -0.15) is 13.2 Å². The van der Waals surface area contributed by atoms with E-state index in [0.29, 0.717) is 16.9 Å². The maximum absolute atomic E-state index is 13.3. The molecule has 2 aromatic heterocycles. The number of carboxylic acid groups (broad SMARTS) is 1. The number of hydrogen-bond donors (Lipinski definition) is 5. The first-order valence-corrected chi connectivity index (χ1v) is 8.71. The molecule has 0 saturated heterocycles. The number of rotatable bonds is 3. The summed E-state index contributed by atoms with van der Waals surface area (Å²) in [5, 5.41) is 24.7. The van der Waals surface area contributed by atoms with E-state index in [1.54, 1.807) is 24.4 Å². The number of amides is 1. The third kappa shape index (κ3) is 3.32. The second-order valence-electron chi connectivity index (χ2n) is 6.67. The number of alkyl halides is 3. The molecule has 30 heavy (non-hydrogen) atoms. The number of anilines is 1. The lowest BCUT2D eigenvalue weighted by atomic mass is 9.79. The third-order valence-corrected chi connectivity index (χ3v) is 4.76. The SMILES string of the molecule is O=C(O)NC1=CC(c2cccc(O)c2)(c2ccnc(C(F)(F)F)c2)Nc2cc[nH]c21. The van der Waals surface area contributed by atoms with E-state index in [0.717, 1.165) is 12.3 Å². The molecule has 10 heteroatoms. The van der Waals surface area contributed by atoms with E-state index in [-0.39, 0.29) is 17.0 Å². The summed E-state index contributed by atoms with van der Waals surface area (Å²) in [4.78, 5) is 17.7. The number of nitrogens with one attached hydrogen (secondary N) is 3. The largest absolute Gasteiger partial charge is 0.508 e. The lowest BCUT2D eigenvalue weighted by molar-refractivity contribution is -0.141. The molecule has 5 N–H and O–H groups in total. The molecular weight excluding hydrogens is 401 g/mol. The second kappa shape index (κ2) is 6.83. The highest BCUT2D eigenvalue weighted by molar-refractivity contribution is 5.87. The van der Waals surface area contributed by atoms with Crippen LogP contribution in [0, 0.1) is 0 Å². The zero-order chi connectivity index (χ0) is 21.5. The molecule has 1 atom stereocenters. The number of carbonyl (C=O) groups is 1. The standard InChI is InChI=1S/C20H15F3N4O3/c21-20(22,23)16-9-12(4-6-24-16)19(11-2-1-3-13(28)8-11)10-15(26-18(29)30)17-14(27-19)5-7-25-17/h1-10,25-28H,(H,29,30). The Bertz CT molecular complexity index is 1160. The van der Waals surface area contributed by atoms with Gasteiger partial charge in [-0.1, -0.05) is 12.1 Å². The number of fused-ring (bicyclic) bond motifs is 1. The van der Waals surface area contributed by atoms with Crippen LogP contribution in [0.4, 0.5) is 23.7 Å². The minimum absolute atomic E-state index is 0.0974. The van der Waals surface area contributed by atoms with E-state index in [2.05, 4.69) is 20.6 Å². The van der Waals surface area contributed by atoms with Gasteiger partial charge in [0.2, 0.25) is 0 Å². The van der Waals surface area contributed by atoms with E-state index in [1.165, 1.54) is 24.3 Å². The molecule has 1 aromatic carbocycles. The first kappa shape index (κ1) is 19.4. The molecule has 1 unspecified atom stereocenters. The number of aromatic hydroxyl groups is 1. The predicted octanol–water partition coefficient (Wildman–Crippen LogP) is 4.11. The van der Waals surface area contributed by atoms with E-state index in [1.807, 2.05) is 0 Å². The van der Waals surface area contributed by atoms with Crippen LogP contribution in [0.3, 0.4) is 0 Å². The summed E-state index contributed by atoms with van der Waals surface area (Å²) in [5.74, 6) is -0.0974. The predicted molar refractivity (Wildman–Crippen MR) is 102 cm³/mol. The van der Waals surface area contributed by atoms with Crippen molar-refractivity contribution in [3.8, 4) is 5.75 Å². The van der Waals surface area contributed by atoms with Gasteiger partial charge >= 0.3 is 12.3 Å². The summed E-state index contributed by atoms with van der Waals surface area (Å²) in [5.41, 5.74) is -0.912. The van der Waals surface area contributed by atoms with Crippen LogP contribution >= 0.6 is 0 Å². The number of halogens is 3. The first-order chi connectivity index (χ1) is 14.2. The Labute approximate surface area is 167 Å². The normalized spacial score (nSPS) is 18.2. The number of aromatic nitrogens is 2. The van der Waals surface area contributed by atoms with E-state index < -0.39 is 23.5 Å². The van der Waals surface area contributed by atoms with Crippen LogP contribution in [0.5, 0.6) is 5.75 Å². The number of H-pyrrole nitrogens is 1. The van der Waals surface area contributed by atoms with Gasteiger partial charge in [0.15, 0.2) is 0 Å². The van der Waals surface area contributed by atoms with Crippen molar-refractivity contribution in [3.63, 3.8) is 0 Å². The summed E-state index contributed by atoms with van der Waals surface area (Å²) >= 11 is 0. The fourth-order valence-corrected chi connectivity index (χ4v) is 3.51. The highest BCUT2D eigenvalue weighted by Gasteiger charge is 2.40. The molecule has 0 bridgehead atoms. The van der Waals surface area contributed by atoms with Gasteiger partial charge in [0.05, 0.1) is 17.1 Å². The molecule has 154 valence electrons. The Morgan fingerprint density at radius 1 is 1.13 bits per heavy atom. The highest BCUT2D eigenvalue weighted by Crippen LogP contribution is 2.43. The van der Waals surface area contributed by atoms with E-state index in [9.17, 15) is 28.2 Å². The minimum Gasteiger partial charge on any atom is -0.508 e. The van der Waals surface area contributed by atoms with Gasteiger partial charge in [-0.15, -0.1) is 0 Å². The van der Waals surface area contributed by atoms with Crippen LogP contribution in [0.2, 0.25) is 0 Å². The molecule has 1 aliphatic heterocycles. The maximum atomic E-state index is 13.3. The van der Waals surface area contributed by atoms with Crippen LogP contribution in [-0.2, 0) is 11.7 Å². The highest BCUT2D eigenvalue weighted by atomic mass is 19.4. The van der Waals surface area contributed by atoms with Gasteiger partial charge in [-0.3, -0.25) is 10.3 Å². The van der Waals surface area contributed by atoms with Gasteiger partial charge in [-0.05, 0) is 47.5 Å². The fraction of sp³-hybridized carbons (Fsp3) is 0.100. The molecule has 0 spiro atoms. The van der Waals surface area contributed by atoms with Crippen LogP contribution in [0.1, 0.15) is 22.5 Å². The molecule has 0 fully saturated rings. The number of phenols is 1. The maximum Gasteiger partial charge on any atom is 0.433 e. The minimum atomic E-state index is -4.67. The second-order valence-corrected chi connectivity index (χ2v) is 6.67. The molecular formula is C20H15F3N4O3. The smallest absolute Gasteiger partial charge is 0.433 e. The Balaban J connectivity index is 2.00. The number of hydrogen-bond acceptors (Lipinski definition) is 4. The lowest BCUT2D eigenvalue weighted by Crippen LogP contribution is -2.39. The van der Waals surface area contributed by atoms with Crippen molar-refractivity contribution < 1.29 is 28.2 Å². The zero-order valence-electron chi connectivity index (χ0n) is 15.2. The lowest BCUT2D eigenvalue weighted by Gasteiger charge is -2.38. The summed E-state index contributed by atoms with van der Waals surface area (Å²) in [6.45, 7) is 0. The summed E-state index contributed by atoms with van der Waals surface area (Å²) in [6, 6.07) is 9.91. The van der Waals surface area contributed by atoms with Gasteiger partial charge < -0.3 is 20.5 Å². The number of nitrogens with zero attached hydrogens (tertiary/aromatic N) is 1. The van der Waals surface area contributed by atoms with Crippen LogP contribution in [0.15, 0.2) is 60.9 Å². The Morgan fingerprint density at radius 3 is 2.60 bits per heavy atom. The van der Waals surface area contributed by atoms with Crippen LogP contribution < -0.4 is 10.6 Å². The molecule has 4 rings (SSSR count). The van der Waals surface area contributed by atoms with Crippen molar-refractivity contribution in [2.75, 3.05) is 5.32 Å². The molecule has 3 heterocycles. The molecule has 0 aliphatic carbocycles. The van der Waals surface area contributed by atoms with Crippen molar-refractivity contribution in [3.05, 3.63) is 83.4 Å². The van der Waals surface area contributed by atoms with Gasteiger partial charge in [0, 0.05) is 12.4 Å². The average Bonchev–Trinajstić information content (AvgIpc) is 3.15. The van der Waals surface area contributed by atoms with Gasteiger partial charge in [-0.25, -0.2) is 4.79 Å². The van der Waals surface area contributed by atoms with Crippen LogP contribution in [0.25, 0.3) is 5.70 Å². The number of benzene rings is 1. The molecule has 3 aromatic rings. The first-order valence-electron chi connectivity index (χ1n) is 8.71. The summed E-state index contributed by atoms with van der Waals surface area (Å²) < 4.78 is 40.0. The number of aromatic amines is 1.